The second-order valence-electron chi connectivity index (χ2n) is 3.54. The lowest BCUT2D eigenvalue weighted by molar-refractivity contribution is -0.128. The number of nitrogens with zero attached hydrogens (tertiary/aromatic N) is 1. The maximum Gasteiger partial charge on any atom is 0.274 e. The molecule has 1 heterocycles. The number of ether oxygens (including phenoxy) is 1. The van der Waals surface area contributed by atoms with Gasteiger partial charge in [-0.2, -0.15) is 0 Å². The Hall–Kier alpha value is -1.62. The average Bonchev–Trinajstić information content (AvgIpc) is 2.30. The SMILES string of the molecule is CCCC(Oc1ccc(C)nc1)C(=O)NN. The van der Waals surface area contributed by atoms with Gasteiger partial charge in [-0.25, -0.2) is 5.84 Å². The Labute approximate surface area is 95.0 Å². The number of carbonyl (C=O) groups is 1. The number of nitrogens with two attached hydrogens (primary N) is 1. The number of aromatic nitrogens is 1. The molecule has 3 N–H and O–H groups in total. The van der Waals surface area contributed by atoms with Crippen LogP contribution < -0.4 is 16.0 Å². The normalized spacial score (nSPS) is 11.9. The van der Waals surface area contributed by atoms with E-state index >= 15 is 0 Å². The minimum Gasteiger partial charge on any atom is -0.479 e. The molecule has 5 nitrogen and oxygen atoms in total. The molecule has 0 aliphatic rings. The van der Waals surface area contributed by atoms with Gasteiger partial charge in [-0.1, -0.05) is 13.3 Å². The second-order valence-corrected chi connectivity index (χ2v) is 3.54. The molecular formula is C11H17N3O2. The lowest BCUT2D eigenvalue weighted by Crippen LogP contribution is -2.42. The first-order valence-electron chi connectivity index (χ1n) is 5.27. The number of nitrogens with one attached hydrogen (secondary N) is 1. The number of rotatable bonds is 5. The van der Waals surface area contributed by atoms with E-state index in [1.54, 1.807) is 12.3 Å². The summed E-state index contributed by atoms with van der Waals surface area (Å²) in [6.07, 6.45) is 2.51. The van der Waals surface area contributed by atoms with Gasteiger partial charge in [0.05, 0.1) is 6.20 Å². The summed E-state index contributed by atoms with van der Waals surface area (Å²) in [4.78, 5) is 15.5. The number of pyridine rings is 1. The summed E-state index contributed by atoms with van der Waals surface area (Å²) in [6.45, 7) is 3.87. The van der Waals surface area contributed by atoms with E-state index in [-0.39, 0.29) is 5.91 Å². The Bertz CT molecular complexity index is 338. The average molecular weight is 223 g/mol. The zero-order valence-corrected chi connectivity index (χ0v) is 9.56. The van der Waals surface area contributed by atoms with Crippen LogP contribution >= 0.6 is 0 Å². The third-order valence-electron chi connectivity index (χ3n) is 2.15. The van der Waals surface area contributed by atoms with E-state index in [2.05, 4.69) is 10.4 Å². The van der Waals surface area contributed by atoms with Gasteiger partial charge in [0.15, 0.2) is 6.10 Å². The van der Waals surface area contributed by atoms with E-state index in [4.69, 9.17) is 10.6 Å². The number of hydrogen-bond acceptors (Lipinski definition) is 4. The fraction of sp³-hybridized carbons (Fsp3) is 0.455. The molecule has 0 spiro atoms. The Morgan fingerprint density at radius 2 is 2.38 bits per heavy atom. The molecule has 0 aliphatic carbocycles. The lowest BCUT2D eigenvalue weighted by atomic mass is 10.2. The van der Waals surface area contributed by atoms with Gasteiger partial charge in [-0.15, -0.1) is 0 Å². The highest BCUT2D eigenvalue weighted by atomic mass is 16.5. The molecule has 0 fully saturated rings. The largest absolute Gasteiger partial charge is 0.479 e. The number of hydrazine groups is 1. The predicted octanol–water partition coefficient (Wildman–Crippen LogP) is 0.927. The van der Waals surface area contributed by atoms with Crippen LogP contribution in [0.4, 0.5) is 0 Å². The molecule has 1 atom stereocenters. The molecule has 1 rings (SSSR count). The van der Waals surface area contributed by atoms with Crippen molar-refractivity contribution in [1.29, 1.82) is 0 Å². The molecule has 16 heavy (non-hydrogen) atoms. The zero-order chi connectivity index (χ0) is 12.0. The molecule has 0 saturated carbocycles. The Balaban J connectivity index is 2.67. The summed E-state index contributed by atoms with van der Waals surface area (Å²) < 4.78 is 5.51. The van der Waals surface area contributed by atoms with Gasteiger partial charge in [0.2, 0.25) is 0 Å². The minimum absolute atomic E-state index is 0.317. The summed E-state index contributed by atoms with van der Waals surface area (Å²) in [7, 11) is 0. The number of amides is 1. The van der Waals surface area contributed by atoms with Crippen molar-refractivity contribution in [3.63, 3.8) is 0 Å². The van der Waals surface area contributed by atoms with Crippen molar-refractivity contribution in [2.75, 3.05) is 0 Å². The van der Waals surface area contributed by atoms with Crippen molar-refractivity contribution >= 4 is 5.91 Å². The van der Waals surface area contributed by atoms with Crippen LogP contribution in [-0.2, 0) is 4.79 Å². The van der Waals surface area contributed by atoms with E-state index < -0.39 is 6.10 Å². The monoisotopic (exact) mass is 223 g/mol. The van der Waals surface area contributed by atoms with Gasteiger partial charge in [0.1, 0.15) is 5.75 Å². The van der Waals surface area contributed by atoms with E-state index in [0.717, 1.165) is 12.1 Å². The summed E-state index contributed by atoms with van der Waals surface area (Å²) in [5.74, 6) is 5.35. The third kappa shape index (κ3) is 3.51. The van der Waals surface area contributed by atoms with Gasteiger partial charge in [0, 0.05) is 5.69 Å². The lowest BCUT2D eigenvalue weighted by Gasteiger charge is -2.16. The highest BCUT2D eigenvalue weighted by Gasteiger charge is 2.18. The number of hydrogen-bond donors (Lipinski definition) is 2. The molecule has 1 aromatic rings. The van der Waals surface area contributed by atoms with Gasteiger partial charge in [0.25, 0.3) is 5.91 Å². The first-order valence-corrected chi connectivity index (χ1v) is 5.27. The van der Waals surface area contributed by atoms with Gasteiger partial charge in [-0.05, 0) is 25.5 Å². The Morgan fingerprint density at radius 3 is 2.88 bits per heavy atom. The van der Waals surface area contributed by atoms with Gasteiger partial charge < -0.3 is 4.74 Å². The fourth-order valence-electron chi connectivity index (χ4n) is 1.29. The van der Waals surface area contributed by atoms with E-state index in [1.807, 2.05) is 19.9 Å². The predicted molar refractivity (Wildman–Crippen MR) is 60.6 cm³/mol. The van der Waals surface area contributed by atoms with Crippen molar-refractivity contribution in [1.82, 2.24) is 10.4 Å². The van der Waals surface area contributed by atoms with Crippen LogP contribution in [0.5, 0.6) is 5.75 Å². The first kappa shape index (κ1) is 12.4. The maximum absolute atomic E-state index is 11.4. The minimum atomic E-state index is -0.556. The Kier molecular flexibility index (Phi) is 4.72. The number of carbonyl (C=O) groups excluding carboxylic acids is 1. The van der Waals surface area contributed by atoms with Crippen molar-refractivity contribution in [3.8, 4) is 5.75 Å². The van der Waals surface area contributed by atoms with Crippen LogP contribution in [0, 0.1) is 6.92 Å². The molecule has 5 heteroatoms. The zero-order valence-electron chi connectivity index (χ0n) is 9.56. The first-order chi connectivity index (χ1) is 7.67. The highest BCUT2D eigenvalue weighted by Crippen LogP contribution is 2.13. The molecule has 0 radical (unpaired) electrons. The Morgan fingerprint density at radius 1 is 1.62 bits per heavy atom. The smallest absolute Gasteiger partial charge is 0.274 e. The standard InChI is InChI=1S/C11H17N3O2/c1-3-4-10(11(15)14-12)16-9-6-5-8(2)13-7-9/h5-7,10H,3-4,12H2,1-2H3,(H,14,15). The van der Waals surface area contributed by atoms with Crippen LogP contribution in [-0.4, -0.2) is 17.0 Å². The molecule has 0 aliphatic heterocycles. The summed E-state index contributed by atoms with van der Waals surface area (Å²) >= 11 is 0. The van der Waals surface area contributed by atoms with Crippen LogP contribution in [0.3, 0.4) is 0 Å². The molecule has 88 valence electrons. The number of aryl methyl sites for hydroxylation is 1. The highest BCUT2D eigenvalue weighted by molar-refractivity contribution is 5.80. The maximum atomic E-state index is 11.4. The summed E-state index contributed by atoms with van der Waals surface area (Å²) in [5.41, 5.74) is 3.00. The molecule has 1 amide bonds. The van der Waals surface area contributed by atoms with Crippen LogP contribution in [0.2, 0.25) is 0 Å². The van der Waals surface area contributed by atoms with Crippen LogP contribution in [0.25, 0.3) is 0 Å². The molecule has 0 aromatic carbocycles. The third-order valence-corrected chi connectivity index (χ3v) is 2.15. The topological polar surface area (TPSA) is 77.2 Å². The van der Waals surface area contributed by atoms with Crippen molar-refractivity contribution in [2.24, 2.45) is 5.84 Å². The fourth-order valence-corrected chi connectivity index (χ4v) is 1.29. The molecule has 0 saturated heterocycles. The quantitative estimate of drug-likeness (QED) is 0.442. The van der Waals surface area contributed by atoms with Gasteiger partial charge >= 0.3 is 0 Å². The summed E-state index contributed by atoms with van der Waals surface area (Å²) in [5, 5.41) is 0. The summed E-state index contributed by atoms with van der Waals surface area (Å²) in [6, 6.07) is 3.62. The van der Waals surface area contributed by atoms with Crippen LogP contribution in [0.1, 0.15) is 25.5 Å². The second kappa shape index (κ2) is 6.07. The van der Waals surface area contributed by atoms with Gasteiger partial charge in [-0.3, -0.25) is 15.2 Å². The van der Waals surface area contributed by atoms with E-state index in [0.29, 0.717) is 12.2 Å². The molecule has 1 aromatic heterocycles. The van der Waals surface area contributed by atoms with E-state index in [1.165, 1.54) is 0 Å². The van der Waals surface area contributed by atoms with E-state index in [9.17, 15) is 4.79 Å². The molecular weight excluding hydrogens is 206 g/mol. The molecule has 1 unspecified atom stereocenters. The van der Waals surface area contributed by atoms with Crippen molar-refractivity contribution in [2.45, 2.75) is 32.8 Å². The van der Waals surface area contributed by atoms with Crippen molar-refractivity contribution in [3.05, 3.63) is 24.0 Å². The van der Waals surface area contributed by atoms with Crippen LogP contribution in [0.15, 0.2) is 18.3 Å². The molecule has 0 bridgehead atoms. The van der Waals surface area contributed by atoms with Crippen molar-refractivity contribution < 1.29 is 9.53 Å².